The minimum Gasteiger partial charge on any atom is -0.279 e. The number of benzene rings is 2. The molecule has 0 spiro atoms. The van der Waals surface area contributed by atoms with Crippen molar-refractivity contribution in [2.24, 2.45) is 0 Å². The van der Waals surface area contributed by atoms with E-state index in [1.165, 1.54) is 6.07 Å². The van der Waals surface area contributed by atoms with Crippen LogP contribution in [0, 0.1) is 17.5 Å². The van der Waals surface area contributed by atoms with Gasteiger partial charge in [0.1, 0.15) is 0 Å². The monoisotopic (exact) mass is 355 g/mol. The first-order chi connectivity index (χ1) is 9.69. The average Bonchev–Trinajstić information content (AvgIpc) is 2.34. The molecule has 0 unspecified atom stereocenters. The quantitative estimate of drug-likeness (QED) is 0.838. The molecule has 0 fully saturated rings. The summed E-state index contributed by atoms with van der Waals surface area (Å²) in [7, 11) is -4.18. The van der Waals surface area contributed by atoms with Crippen molar-refractivity contribution in [3.63, 3.8) is 0 Å². The van der Waals surface area contributed by atoms with Crippen LogP contribution in [-0.2, 0) is 10.0 Å². The molecule has 112 valence electrons. The smallest absolute Gasteiger partial charge is 0.261 e. The lowest BCUT2D eigenvalue weighted by Gasteiger charge is -2.09. The van der Waals surface area contributed by atoms with Crippen molar-refractivity contribution in [3.05, 3.63) is 57.8 Å². The van der Waals surface area contributed by atoms with Gasteiger partial charge < -0.3 is 0 Å². The van der Waals surface area contributed by atoms with Crippen LogP contribution < -0.4 is 4.72 Å². The van der Waals surface area contributed by atoms with Crippen molar-refractivity contribution in [3.8, 4) is 0 Å². The van der Waals surface area contributed by atoms with Gasteiger partial charge in [0.2, 0.25) is 0 Å². The van der Waals surface area contributed by atoms with Gasteiger partial charge in [0.05, 0.1) is 10.6 Å². The summed E-state index contributed by atoms with van der Waals surface area (Å²) >= 11 is 11.4. The molecule has 2 rings (SSSR count). The molecule has 0 bridgehead atoms. The van der Waals surface area contributed by atoms with Crippen LogP contribution in [0.3, 0.4) is 0 Å². The van der Waals surface area contributed by atoms with E-state index >= 15 is 0 Å². The van der Waals surface area contributed by atoms with Gasteiger partial charge in [-0.15, -0.1) is 0 Å². The molecule has 9 heteroatoms. The first-order valence-electron chi connectivity index (χ1n) is 5.32. The van der Waals surface area contributed by atoms with Crippen LogP contribution in [0.1, 0.15) is 0 Å². The average molecular weight is 356 g/mol. The molecule has 0 saturated heterocycles. The lowest BCUT2D eigenvalue weighted by atomic mass is 10.3. The third-order valence-corrected chi connectivity index (χ3v) is 4.18. The van der Waals surface area contributed by atoms with Crippen LogP contribution in [0.2, 0.25) is 10.0 Å². The second-order valence-corrected chi connectivity index (χ2v) is 6.52. The minimum absolute atomic E-state index is 0.0688. The molecule has 0 radical (unpaired) electrons. The highest BCUT2D eigenvalue weighted by molar-refractivity contribution is 7.92. The maximum atomic E-state index is 13.1. The normalized spacial score (nSPS) is 11.5. The Labute approximate surface area is 128 Å². The van der Waals surface area contributed by atoms with E-state index in [4.69, 9.17) is 23.2 Å². The van der Waals surface area contributed by atoms with Crippen LogP contribution in [0.15, 0.2) is 35.2 Å². The fourth-order valence-corrected chi connectivity index (χ4v) is 3.28. The van der Waals surface area contributed by atoms with Gasteiger partial charge in [0.25, 0.3) is 10.0 Å². The van der Waals surface area contributed by atoms with Crippen LogP contribution in [0.4, 0.5) is 18.9 Å². The highest BCUT2D eigenvalue weighted by Crippen LogP contribution is 2.25. The van der Waals surface area contributed by atoms with Crippen LogP contribution in [0.25, 0.3) is 0 Å². The highest BCUT2D eigenvalue weighted by atomic mass is 35.5. The second-order valence-electron chi connectivity index (χ2n) is 3.96. The number of anilines is 1. The largest absolute Gasteiger partial charge is 0.279 e. The van der Waals surface area contributed by atoms with E-state index in [2.05, 4.69) is 0 Å². The topological polar surface area (TPSA) is 46.2 Å². The first kappa shape index (κ1) is 15.9. The van der Waals surface area contributed by atoms with Crippen LogP contribution >= 0.6 is 23.2 Å². The zero-order valence-electron chi connectivity index (χ0n) is 10.0. The van der Waals surface area contributed by atoms with E-state index in [1.807, 2.05) is 4.72 Å². The summed E-state index contributed by atoms with van der Waals surface area (Å²) < 4.78 is 64.9. The SMILES string of the molecule is O=S(=O)(Nc1cc(F)c(F)c(F)c1)c1cc(Cl)cc(Cl)c1. The summed E-state index contributed by atoms with van der Waals surface area (Å²) in [5.41, 5.74) is -0.470. The van der Waals surface area contributed by atoms with Gasteiger partial charge in [-0.1, -0.05) is 23.2 Å². The molecule has 2 aromatic carbocycles. The number of nitrogens with one attached hydrogen (secondary N) is 1. The molecule has 0 saturated carbocycles. The van der Waals surface area contributed by atoms with Crippen LogP contribution in [0.5, 0.6) is 0 Å². The van der Waals surface area contributed by atoms with Crippen molar-refractivity contribution in [1.29, 1.82) is 0 Å². The molecular formula is C12H6Cl2F3NO2S. The lowest BCUT2D eigenvalue weighted by molar-refractivity contribution is 0.448. The fourth-order valence-electron chi connectivity index (χ4n) is 1.51. The number of sulfonamides is 1. The van der Waals surface area contributed by atoms with E-state index in [0.29, 0.717) is 12.1 Å². The van der Waals surface area contributed by atoms with Gasteiger partial charge in [0, 0.05) is 22.2 Å². The first-order valence-corrected chi connectivity index (χ1v) is 7.56. The minimum atomic E-state index is -4.18. The van der Waals surface area contributed by atoms with E-state index in [-0.39, 0.29) is 14.9 Å². The number of halogens is 5. The Bertz CT molecular complexity index is 769. The number of rotatable bonds is 3. The zero-order valence-corrected chi connectivity index (χ0v) is 12.3. The molecule has 21 heavy (non-hydrogen) atoms. The van der Waals surface area contributed by atoms with Crippen molar-refractivity contribution in [2.75, 3.05) is 4.72 Å². The van der Waals surface area contributed by atoms with Crippen LogP contribution in [-0.4, -0.2) is 8.42 Å². The maximum absolute atomic E-state index is 13.1. The molecule has 0 aliphatic carbocycles. The van der Waals surface area contributed by atoms with Gasteiger partial charge in [0.15, 0.2) is 17.5 Å². The Kier molecular flexibility index (Phi) is 4.36. The molecule has 0 amide bonds. The van der Waals surface area contributed by atoms with Crippen molar-refractivity contribution in [1.82, 2.24) is 0 Å². The van der Waals surface area contributed by atoms with E-state index in [0.717, 1.165) is 12.1 Å². The molecule has 0 aromatic heterocycles. The number of hydrogen-bond donors (Lipinski definition) is 1. The van der Waals surface area contributed by atoms with Gasteiger partial charge in [-0.25, -0.2) is 21.6 Å². The number of hydrogen-bond acceptors (Lipinski definition) is 2. The Morgan fingerprint density at radius 1 is 0.857 bits per heavy atom. The molecule has 2 aromatic rings. The highest BCUT2D eigenvalue weighted by Gasteiger charge is 2.18. The Morgan fingerprint density at radius 2 is 1.33 bits per heavy atom. The molecular weight excluding hydrogens is 350 g/mol. The Morgan fingerprint density at radius 3 is 1.81 bits per heavy atom. The maximum Gasteiger partial charge on any atom is 0.261 e. The van der Waals surface area contributed by atoms with Gasteiger partial charge in [-0.3, -0.25) is 4.72 Å². The van der Waals surface area contributed by atoms with E-state index < -0.39 is 33.2 Å². The third kappa shape index (κ3) is 3.61. The standard InChI is InChI=1S/C12H6Cl2F3NO2S/c13-6-1-7(14)3-9(2-6)21(19,20)18-8-4-10(15)12(17)11(16)5-8/h1-5,18H. The Hall–Kier alpha value is -1.44. The van der Waals surface area contributed by atoms with Crippen molar-refractivity contribution in [2.45, 2.75) is 4.90 Å². The summed E-state index contributed by atoms with van der Waals surface area (Å²) in [6.07, 6.45) is 0. The fraction of sp³-hybridized carbons (Fsp3) is 0. The van der Waals surface area contributed by atoms with E-state index in [9.17, 15) is 21.6 Å². The summed E-state index contributed by atoms with van der Waals surface area (Å²) in [6.45, 7) is 0. The van der Waals surface area contributed by atoms with Crippen molar-refractivity contribution < 1.29 is 21.6 Å². The molecule has 0 aliphatic rings. The lowest BCUT2D eigenvalue weighted by Crippen LogP contribution is -2.13. The predicted octanol–water partition coefficient (Wildman–Crippen LogP) is 4.21. The van der Waals surface area contributed by atoms with Gasteiger partial charge in [-0.2, -0.15) is 0 Å². The Balaban J connectivity index is 2.42. The summed E-state index contributed by atoms with van der Waals surface area (Å²) in [5, 5.41) is 0.138. The van der Waals surface area contributed by atoms with E-state index in [1.54, 1.807) is 0 Å². The molecule has 1 N–H and O–H groups in total. The summed E-state index contributed by atoms with van der Waals surface area (Å²) in [4.78, 5) is -0.301. The predicted molar refractivity (Wildman–Crippen MR) is 73.6 cm³/mol. The molecule has 0 heterocycles. The zero-order chi connectivity index (χ0) is 15.8. The van der Waals surface area contributed by atoms with Gasteiger partial charge in [-0.05, 0) is 18.2 Å². The summed E-state index contributed by atoms with van der Waals surface area (Å²) in [6, 6.07) is 4.56. The third-order valence-electron chi connectivity index (χ3n) is 2.38. The molecule has 0 aliphatic heterocycles. The molecule has 3 nitrogen and oxygen atoms in total. The van der Waals surface area contributed by atoms with Gasteiger partial charge >= 0.3 is 0 Å². The summed E-state index contributed by atoms with van der Waals surface area (Å²) in [5.74, 6) is -4.72. The molecule has 0 atom stereocenters. The van der Waals surface area contributed by atoms with Crippen molar-refractivity contribution >= 4 is 38.9 Å². The second kappa shape index (κ2) is 5.75.